The van der Waals surface area contributed by atoms with Crippen LogP contribution >= 0.6 is 11.6 Å². The van der Waals surface area contributed by atoms with Crippen LogP contribution in [-0.2, 0) is 6.42 Å². The minimum atomic E-state index is -0.213. The van der Waals surface area contributed by atoms with E-state index in [1.165, 1.54) is 6.07 Å². The summed E-state index contributed by atoms with van der Waals surface area (Å²) in [6.45, 7) is 6.86. The monoisotopic (exact) mass is 332 g/mol. The number of halogens is 2. The minimum absolute atomic E-state index is 0.213. The maximum absolute atomic E-state index is 13.3. The summed E-state index contributed by atoms with van der Waals surface area (Å²) in [5.74, 6) is -0.213. The van der Waals surface area contributed by atoms with Gasteiger partial charge in [-0.15, -0.1) is 0 Å². The fraction of sp³-hybridized carbons (Fsp3) is 0.316. The molecule has 2 rings (SSSR count). The van der Waals surface area contributed by atoms with E-state index in [9.17, 15) is 4.39 Å². The van der Waals surface area contributed by atoms with E-state index < -0.39 is 0 Å². The second kappa shape index (κ2) is 7.60. The molecule has 0 aromatic heterocycles. The van der Waals surface area contributed by atoms with Gasteiger partial charge in [0.15, 0.2) is 0 Å². The maximum Gasteiger partial charge on any atom is 0.123 e. The van der Waals surface area contributed by atoms with Gasteiger partial charge in [-0.05, 0) is 73.7 Å². The molecule has 0 saturated heterocycles. The highest BCUT2D eigenvalue weighted by molar-refractivity contribution is 6.32. The van der Waals surface area contributed by atoms with E-state index in [-0.39, 0.29) is 5.82 Å². The maximum atomic E-state index is 13.3. The molecule has 0 aliphatic heterocycles. The Bertz CT molecular complexity index is 726. The van der Waals surface area contributed by atoms with Crippen LogP contribution in [0.5, 0.6) is 0 Å². The van der Waals surface area contributed by atoms with Gasteiger partial charge in [0.05, 0.1) is 12.0 Å². The van der Waals surface area contributed by atoms with Crippen molar-refractivity contribution >= 4 is 23.6 Å². The summed E-state index contributed by atoms with van der Waals surface area (Å²) in [4.78, 5) is 6.51. The van der Waals surface area contributed by atoms with Crippen LogP contribution in [0.3, 0.4) is 0 Å². The molecule has 2 aromatic rings. The molecule has 4 heteroatoms. The van der Waals surface area contributed by atoms with Gasteiger partial charge in [0.25, 0.3) is 0 Å². The van der Waals surface area contributed by atoms with Crippen molar-refractivity contribution in [1.82, 2.24) is 4.90 Å². The van der Waals surface area contributed by atoms with Crippen molar-refractivity contribution in [2.24, 2.45) is 4.99 Å². The molecule has 0 spiro atoms. The van der Waals surface area contributed by atoms with E-state index in [4.69, 9.17) is 11.6 Å². The average molecular weight is 333 g/mol. The molecule has 0 atom stereocenters. The van der Waals surface area contributed by atoms with Crippen LogP contribution in [0.4, 0.5) is 10.1 Å². The lowest BCUT2D eigenvalue weighted by molar-refractivity contribution is 0.552. The quantitative estimate of drug-likeness (QED) is 0.536. The van der Waals surface area contributed by atoms with Gasteiger partial charge in [0.2, 0.25) is 0 Å². The lowest BCUT2D eigenvalue weighted by atomic mass is 9.98. The van der Waals surface area contributed by atoms with Gasteiger partial charge >= 0.3 is 0 Å². The van der Waals surface area contributed by atoms with Crippen LogP contribution in [0.2, 0.25) is 5.02 Å². The Morgan fingerprint density at radius 3 is 2.52 bits per heavy atom. The number of aliphatic imine (C=N–C) groups is 1. The van der Waals surface area contributed by atoms with Crippen molar-refractivity contribution in [1.29, 1.82) is 0 Å². The van der Waals surface area contributed by atoms with Crippen LogP contribution in [0, 0.1) is 19.7 Å². The Labute approximate surface area is 142 Å². The molecule has 0 unspecified atom stereocenters. The Balaban J connectivity index is 2.34. The molecule has 23 heavy (non-hydrogen) atoms. The molecule has 0 amide bonds. The highest BCUT2D eigenvalue weighted by Gasteiger charge is 2.09. The SMILES string of the molecule is CCN(C)C=Nc1cc(C)c(Cl)c(Cc2ccc(F)cc2C)c1. The third-order valence-electron chi connectivity index (χ3n) is 3.90. The van der Waals surface area contributed by atoms with Crippen molar-refractivity contribution in [3.8, 4) is 0 Å². The number of hydrogen-bond acceptors (Lipinski definition) is 1. The molecule has 0 aliphatic carbocycles. The van der Waals surface area contributed by atoms with Gasteiger partial charge in [-0.25, -0.2) is 9.38 Å². The molecule has 2 nitrogen and oxygen atoms in total. The van der Waals surface area contributed by atoms with Crippen LogP contribution < -0.4 is 0 Å². The second-order valence-corrected chi connectivity index (χ2v) is 6.18. The van der Waals surface area contributed by atoms with Crippen LogP contribution in [0.25, 0.3) is 0 Å². The number of hydrogen-bond donors (Lipinski definition) is 0. The standard InChI is InChI=1S/C19H22ClFN2/c1-5-23(4)12-22-18-9-14(3)19(20)16(11-18)10-15-6-7-17(21)8-13(15)2/h6-9,11-12H,5,10H2,1-4H3. The topological polar surface area (TPSA) is 15.6 Å². The molecule has 122 valence electrons. The van der Waals surface area contributed by atoms with E-state index in [2.05, 4.69) is 11.9 Å². The van der Waals surface area contributed by atoms with Crippen molar-refractivity contribution in [3.63, 3.8) is 0 Å². The Morgan fingerprint density at radius 1 is 1.13 bits per heavy atom. The van der Waals surface area contributed by atoms with Gasteiger partial charge in [-0.3, -0.25) is 0 Å². The highest BCUT2D eigenvalue weighted by atomic mass is 35.5. The first-order valence-corrected chi connectivity index (χ1v) is 8.07. The smallest absolute Gasteiger partial charge is 0.123 e. The second-order valence-electron chi connectivity index (χ2n) is 5.80. The van der Waals surface area contributed by atoms with Crippen molar-refractivity contribution in [2.45, 2.75) is 27.2 Å². The Kier molecular flexibility index (Phi) is 5.78. The first-order chi connectivity index (χ1) is 10.9. The Morgan fingerprint density at radius 2 is 1.87 bits per heavy atom. The van der Waals surface area contributed by atoms with E-state index in [1.807, 2.05) is 50.3 Å². The molecule has 0 saturated carbocycles. The molecule has 0 fully saturated rings. The van der Waals surface area contributed by atoms with Gasteiger partial charge in [-0.2, -0.15) is 0 Å². The van der Waals surface area contributed by atoms with E-state index in [1.54, 1.807) is 6.07 Å². The van der Waals surface area contributed by atoms with Crippen LogP contribution in [0.15, 0.2) is 35.3 Å². The zero-order chi connectivity index (χ0) is 17.0. The van der Waals surface area contributed by atoms with Gasteiger partial charge in [0.1, 0.15) is 5.82 Å². The summed E-state index contributed by atoms with van der Waals surface area (Å²) in [6.07, 6.45) is 2.48. The van der Waals surface area contributed by atoms with Gasteiger partial charge < -0.3 is 4.90 Å². The summed E-state index contributed by atoms with van der Waals surface area (Å²) in [5.41, 5.74) is 4.88. The fourth-order valence-electron chi connectivity index (χ4n) is 2.33. The molecular formula is C19H22ClFN2. The first-order valence-electron chi connectivity index (χ1n) is 7.69. The Hall–Kier alpha value is -1.87. The zero-order valence-corrected chi connectivity index (χ0v) is 14.8. The lowest BCUT2D eigenvalue weighted by Crippen LogP contribution is -2.14. The predicted molar refractivity (Wildman–Crippen MR) is 96.6 cm³/mol. The normalized spacial score (nSPS) is 11.2. The molecule has 0 N–H and O–H groups in total. The number of aryl methyl sites for hydroxylation is 2. The summed E-state index contributed by atoms with van der Waals surface area (Å²) in [6, 6.07) is 8.83. The summed E-state index contributed by atoms with van der Waals surface area (Å²) in [5, 5.41) is 0.747. The highest BCUT2D eigenvalue weighted by Crippen LogP contribution is 2.29. The van der Waals surface area contributed by atoms with Crippen molar-refractivity contribution in [2.75, 3.05) is 13.6 Å². The third kappa shape index (κ3) is 4.55. The molecule has 0 radical (unpaired) electrons. The van der Waals surface area contributed by atoms with Crippen LogP contribution in [0.1, 0.15) is 29.2 Å². The molecular weight excluding hydrogens is 311 g/mol. The van der Waals surface area contributed by atoms with E-state index in [0.717, 1.165) is 39.5 Å². The molecule has 0 bridgehead atoms. The van der Waals surface area contributed by atoms with Gasteiger partial charge in [-0.1, -0.05) is 17.7 Å². The zero-order valence-electron chi connectivity index (χ0n) is 14.0. The van der Waals surface area contributed by atoms with Gasteiger partial charge in [0, 0.05) is 18.6 Å². The largest absolute Gasteiger partial charge is 0.366 e. The molecule has 0 aliphatic rings. The summed E-state index contributed by atoms with van der Waals surface area (Å²) < 4.78 is 13.3. The lowest BCUT2D eigenvalue weighted by Gasteiger charge is -2.12. The number of benzene rings is 2. The summed E-state index contributed by atoms with van der Waals surface area (Å²) >= 11 is 6.45. The third-order valence-corrected chi connectivity index (χ3v) is 4.44. The summed E-state index contributed by atoms with van der Waals surface area (Å²) in [7, 11) is 1.98. The number of nitrogens with zero attached hydrogens (tertiary/aromatic N) is 2. The number of rotatable bonds is 5. The fourth-order valence-corrected chi connectivity index (χ4v) is 2.51. The molecule has 2 aromatic carbocycles. The van der Waals surface area contributed by atoms with Crippen molar-refractivity contribution < 1.29 is 4.39 Å². The minimum Gasteiger partial charge on any atom is -0.366 e. The van der Waals surface area contributed by atoms with E-state index in [0.29, 0.717) is 6.42 Å². The predicted octanol–water partition coefficient (Wildman–Crippen LogP) is 5.30. The van der Waals surface area contributed by atoms with Crippen molar-refractivity contribution in [3.05, 3.63) is 63.4 Å². The average Bonchev–Trinajstić information content (AvgIpc) is 2.52. The molecule has 0 heterocycles. The van der Waals surface area contributed by atoms with Crippen LogP contribution in [-0.4, -0.2) is 24.8 Å². The van der Waals surface area contributed by atoms with E-state index >= 15 is 0 Å². The first kappa shape index (κ1) is 17.5.